The molecule has 5 aliphatic rings. The van der Waals surface area contributed by atoms with Crippen LogP contribution in [-0.2, 0) is 44.7 Å². The predicted octanol–water partition coefficient (Wildman–Crippen LogP) is 4.79. The molecule has 7 rings (SSSR count). The Hall–Kier alpha value is -3.80. The minimum absolute atomic E-state index is 0.00737. The second-order valence-corrected chi connectivity index (χ2v) is 18.1. The minimum atomic E-state index is -1.14. The van der Waals surface area contributed by atoms with Crippen LogP contribution in [0.2, 0.25) is 0 Å². The number of para-hydroxylation sites is 1. The fourth-order valence-corrected chi connectivity index (χ4v) is 10.6. The molecule has 60 heavy (non-hydrogen) atoms. The van der Waals surface area contributed by atoms with E-state index in [1.807, 2.05) is 77.9 Å². The van der Waals surface area contributed by atoms with Crippen LogP contribution in [0.25, 0.3) is 10.9 Å². The quantitative estimate of drug-likeness (QED) is 0.298. The Morgan fingerprint density at radius 3 is 2.57 bits per heavy atom. The van der Waals surface area contributed by atoms with Gasteiger partial charge in [0.05, 0.1) is 66.8 Å². The monoisotopic (exact) mass is 836 g/mol. The number of aliphatic hydroxyl groups is 1. The third kappa shape index (κ3) is 8.52. The lowest BCUT2D eigenvalue weighted by atomic mass is 9.72. The molecule has 0 saturated carbocycles. The highest BCUT2D eigenvalue weighted by Crippen LogP contribution is 2.45. The number of aliphatic imine (C=N–C) groups is 1. The maximum Gasteiger partial charge on any atom is 0.410 e. The van der Waals surface area contributed by atoms with Crippen molar-refractivity contribution in [2.75, 3.05) is 40.4 Å². The Morgan fingerprint density at radius 1 is 1.05 bits per heavy atom. The number of hydrogen-bond acceptors (Lipinski definition) is 15. The zero-order valence-electron chi connectivity index (χ0n) is 36.8. The number of likely N-dealkylation sites (N-methyl/N-ethyl adjacent to an activating group) is 1. The first-order valence-corrected chi connectivity index (χ1v) is 21.6. The van der Waals surface area contributed by atoms with Crippen LogP contribution < -0.4 is 0 Å². The lowest BCUT2D eigenvalue weighted by Gasteiger charge is -2.48. The number of cyclic esters (lactones) is 1. The Kier molecular flexibility index (Phi) is 13.2. The van der Waals surface area contributed by atoms with E-state index in [-0.39, 0.29) is 43.8 Å². The molecule has 1 N–H and O–H groups in total. The van der Waals surface area contributed by atoms with Crippen LogP contribution in [0, 0.1) is 23.7 Å². The molecule has 16 nitrogen and oxygen atoms in total. The highest BCUT2D eigenvalue weighted by molar-refractivity contribution is 5.91. The molecule has 16 heteroatoms. The Bertz CT molecular complexity index is 1930. The first-order valence-electron chi connectivity index (χ1n) is 21.6. The van der Waals surface area contributed by atoms with Crippen LogP contribution in [0.5, 0.6) is 0 Å². The molecule has 2 aromatic rings. The van der Waals surface area contributed by atoms with Crippen molar-refractivity contribution in [2.45, 2.75) is 141 Å². The zero-order valence-corrected chi connectivity index (χ0v) is 36.8. The number of esters is 1. The largest absolute Gasteiger partial charge is 0.458 e. The number of amides is 1. The summed E-state index contributed by atoms with van der Waals surface area (Å²) >= 11 is 0. The van der Waals surface area contributed by atoms with Crippen LogP contribution >= 0.6 is 0 Å². The molecule has 4 fully saturated rings. The summed E-state index contributed by atoms with van der Waals surface area (Å²) in [7, 11) is 3.87. The van der Waals surface area contributed by atoms with E-state index in [4.69, 9.17) is 38.3 Å². The van der Waals surface area contributed by atoms with Gasteiger partial charge < -0.3 is 43.3 Å². The third-order valence-electron chi connectivity index (χ3n) is 13.6. The van der Waals surface area contributed by atoms with Gasteiger partial charge in [-0.15, -0.1) is 0 Å². The standard InChI is InChI=1S/C44H64N6O10/c1-11-34-44(8)38-26(4)35(45-16-17-50(38)42(53)60-44)24(2)19-43(7)39(59-41-36(51)33(49(9)10)18-25(3)57-41)27(5)37(28(6)40(52)58-34)54-20-29(21-55-43)48-56-22-32-30-14-12-13-15-31(30)46-23-47-32/h12-15,23-28,33-34,36-39,41,51H,11,16-22H2,1-10H3/b48-29+/t24-,25+,26+,27+,28-,33-,34-,36+,37+,38-,39-,41-,43-,44-/m1/s1. The zero-order chi connectivity index (χ0) is 43.1. The molecule has 14 atom stereocenters. The summed E-state index contributed by atoms with van der Waals surface area (Å²) in [5.74, 6) is -2.30. The Balaban J connectivity index is 1.31. The fourth-order valence-electron chi connectivity index (χ4n) is 10.6. The van der Waals surface area contributed by atoms with Gasteiger partial charge in [-0.2, -0.15) is 0 Å². The molecule has 0 unspecified atom stereocenters. The maximum atomic E-state index is 14.6. The molecular weight excluding hydrogens is 773 g/mol. The van der Waals surface area contributed by atoms with Gasteiger partial charge in [0.1, 0.15) is 24.2 Å². The van der Waals surface area contributed by atoms with Crippen LogP contribution in [0.15, 0.2) is 40.7 Å². The summed E-state index contributed by atoms with van der Waals surface area (Å²) in [6, 6.07) is 7.04. The lowest BCUT2D eigenvalue weighted by molar-refractivity contribution is -0.302. The van der Waals surface area contributed by atoms with E-state index in [0.29, 0.717) is 43.8 Å². The molecule has 0 spiro atoms. The number of carbonyl (C=O) groups excluding carboxylic acids is 2. The lowest BCUT2D eigenvalue weighted by Crippen LogP contribution is -2.60. The number of benzene rings is 1. The summed E-state index contributed by atoms with van der Waals surface area (Å²) in [5, 5.41) is 17.2. The topological polar surface area (TPSA) is 176 Å². The summed E-state index contributed by atoms with van der Waals surface area (Å²) in [4.78, 5) is 51.8. The normalized spacial score (nSPS) is 39.9. The number of rotatable bonds is 7. The van der Waals surface area contributed by atoms with Gasteiger partial charge in [0.2, 0.25) is 0 Å². The van der Waals surface area contributed by atoms with Gasteiger partial charge in [0.25, 0.3) is 0 Å². The molecular formula is C44H64N6O10. The molecule has 1 aromatic heterocycles. The molecule has 4 bridgehead atoms. The molecule has 1 amide bonds. The van der Waals surface area contributed by atoms with Gasteiger partial charge in [-0.05, 0) is 73.0 Å². The molecule has 330 valence electrons. The van der Waals surface area contributed by atoms with E-state index in [1.54, 1.807) is 11.8 Å². The number of ether oxygens (including phenoxy) is 6. The number of fused-ring (bicyclic) bond motifs is 5. The molecule has 4 saturated heterocycles. The minimum Gasteiger partial charge on any atom is -0.458 e. The summed E-state index contributed by atoms with van der Waals surface area (Å²) in [6.07, 6.45) is -2.01. The van der Waals surface area contributed by atoms with Gasteiger partial charge in [-0.3, -0.25) is 14.7 Å². The average Bonchev–Trinajstić information content (AvgIpc) is 3.36. The van der Waals surface area contributed by atoms with E-state index in [0.717, 1.165) is 16.6 Å². The van der Waals surface area contributed by atoms with E-state index >= 15 is 0 Å². The van der Waals surface area contributed by atoms with Gasteiger partial charge in [0, 0.05) is 35.5 Å². The third-order valence-corrected chi connectivity index (χ3v) is 13.6. The van der Waals surface area contributed by atoms with E-state index < -0.39 is 71.8 Å². The van der Waals surface area contributed by atoms with Crippen molar-refractivity contribution in [2.24, 2.45) is 33.8 Å². The number of hydrogen-bond donors (Lipinski definition) is 1. The number of aliphatic hydroxyl groups excluding tert-OH is 1. The molecule has 6 heterocycles. The summed E-state index contributed by atoms with van der Waals surface area (Å²) in [6.45, 7) is 16.6. The van der Waals surface area contributed by atoms with Crippen LogP contribution in [0.3, 0.4) is 0 Å². The van der Waals surface area contributed by atoms with Crippen molar-refractivity contribution >= 4 is 34.4 Å². The van der Waals surface area contributed by atoms with Gasteiger partial charge in [0.15, 0.2) is 18.5 Å². The second kappa shape index (κ2) is 17.9. The van der Waals surface area contributed by atoms with Crippen molar-refractivity contribution in [3.05, 3.63) is 36.3 Å². The molecule has 1 aromatic carbocycles. The number of aromatic nitrogens is 2. The van der Waals surface area contributed by atoms with Crippen molar-refractivity contribution in [1.82, 2.24) is 19.8 Å². The van der Waals surface area contributed by atoms with Crippen LogP contribution in [-0.4, -0.2) is 149 Å². The smallest absolute Gasteiger partial charge is 0.410 e. The maximum absolute atomic E-state index is 14.6. The molecule has 0 aliphatic carbocycles. The highest BCUT2D eigenvalue weighted by Gasteiger charge is 2.60. The van der Waals surface area contributed by atoms with Crippen molar-refractivity contribution in [3.63, 3.8) is 0 Å². The van der Waals surface area contributed by atoms with E-state index in [1.165, 1.54) is 6.33 Å². The van der Waals surface area contributed by atoms with Gasteiger partial charge >= 0.3 is 12.1 Å². The molecule has 0 radical (unpaired) electrons. The first-order chi connectivity index (χ1) is 28.6. The van der Waals surface area contributed by atoms with E-state index in [9.17, 15) is 14.7 Å². The Labute approximate surface area is 353 Å². The Morgan fingerprint density at radius 2 is 1.82 bits per heavy atom. The van der Waals surface area contributed by atoms with Crippen molar-refractivity contribution < 1.29 is 48.0 Å². The molecule has 5 aliphatic heterocycles. The predicted molar refractivity (Wildman–Crippen MR) is 222 cm³/mol. The van der Waals surface area contributed by atoms with Crippen molar-refractivity contribution in [1.29, 1.82) is 0 Å². The van der Waals surface area contributed by atoms with Gasteiger partial charge in [-0.25, -0.2) is 14.8 Å². The summed E-state index contributed by atoms with van der Waals surface area (Å²) < 4.78 is 39.9. The summed E-state index contributed by atoms with van der Waals surface area (Å²) in [5.41, 5.74) is 0.597. The first kappa shape index (κ1) is 44.3. The van der Waals surface area contributed by atoms with Crippen LogP contribution in [0.4, 0.5) is 4.79 Å². The number of carbonyl (C=O) groups is 2. The van der Waals surface area contributed by atoms with Gasteiger partial charge in [-0.1, -0.05) is 51.0 Å². The number of oxime groups is 1. The average molecular weight is 837 g/mol. The van der Waals surface area contributed by atoms with Crippen molar-refractivity contribution in [3.8, 4) is 0 Å². The van der Waals surface area contributed by atoms with Crippen LogP contribution in [0.1, 0.15) is 80.3 Å². The number of nitrogens with zero attached hydrogens (tertiary/aromatic N) is 6. The SMILES string of the molecule is CC[C@H]1OC(=O)[C@H](C)[C@H]2OC/C(=N\OCc3ncnc4ccccc34)CO[C@](C)(C[C@@H](C)C3=NCCN4C(=O)O[C@@]1(C)[C@H]4[C@H]3C)[C@H](O[C@H]1O[C@@H](C)C[C@@H](N(C)C)[C@@H]1O)[C@H]2C. The highest BCUT2D eigenvalue weighted by atomic mass is 16.7. The second-order valence-electron chi connectivity index (χ2n) is 18.1. The van der Waals surface area contributed by atoms with E-state index in [2.05, 4.69) is 29.0 Å². The fraction of sp³-hybridized carbons (Fsp3) is 0.727.